The van der Waals surface area contributed by atoms with E-state index in [2.05, 4.69) is 0 Å². The first-order valence-corrected chi connectivity index (χ1v) is 7.62. The van der Waals surface area contributed by atoms with Gasteiger partial charge in [0, 0.05) is 14.0 Å². The van der Waals surface area contributed by atoms with Crippen LogP contribution in [0.4, 0.5) is 4.39 Å². The van der Waals surface area contributed by atoms with Crippen LogP contribution >= 0.6 is 8.38 Å². The molecule has 0 N–H and O–H groups in total. The number of hydrogen-bond donors (Lipinski definition) is 0. The molecule has 4 nitrogen and oxygen atoms in total. The standard InChI is InChI=1S/C12H21FNO3P/c1-8-9(2)16-10(3)12(11(8)13)17-18(4)15-7-5-6-14/h8-12H,5,7H2,1-4H3/t8-,9?,10-,11+,12-,18?/m1/s1/i3D. The van der Waals surface area contributed by atoms with Crippen molar-refractivity contribution in [1.82, 2.24) is 0 Å². The van der Waals surface area contributed by atoms with Crippen LogP contribution in [-0.2, 0) is 13.8 Å². The molecule has 6 heteroatoms. The van der Waals surface area contributed by atoms with Crippen LogP contribution < -0.4 is 0 Å². The highest BCUT2D eigenvalue weighted by molar-refractivity contribution is 7.46. The molecule has 0 aromatic heterocycles. The predicted octanol–water partition coefficient (Wildman–Crippen LogP) is 3.02. The number of alkyl halides is 1. The molecule has 1 rings (SSSR count). The molecule has 6 atom stereocenters. The first-order valence-electron chi connectivity index (χ1n) is 6.71. The maximum Gasteiger partial charge on any atom is 0.167 e. The number of nitriles is 1. The summed E-state index contributed by atoms with van der Waals surface area (Å²) in [6.07, 6.45) is -2.42. The second kappa shape index (κ2) is 7.35. The van der Waals surface area contributed by atoms with Crippen molar-refractivity contribution in [2.45, 2.75) is 51.7 Å². The Kier molecular flexibility index (Phi) is 5.78. The van der Waals surface area contributed by atoms with Gasteiger partial charge in [-0.2, -0.15) is 5.26 Å². The van der Waals surface area contributed by atoms with Gasteiger partial charge in [0.2, 0.25) is 0 Å². The molecular weight excluding hydrogens is 256 g/mol. The third-order valence-electron chi connectivity index (χ3n) is 3.07. The molecule has 0 aromatic carbocycles. The number of halogens is 1. The summed E-state index contributed by atoms with van der Waals surface area (Å²) in [5, 5.41) is 8.42. The molecule has 1 aliphatic rings. The lowest BCUT2D eigenvalue weighted by Gasteiger charge is -2.40. The van der Waals surface area contributed by atoms with E-state index in [9.17, 15) is 4.39 Å². The highest BCUT2D eigenvalue weighted by Gasteiger charge is 2.42. The Morgan fingerprint density at radius 2 is 2.22 bits per heavy atom. The monoisotopic (exact) mass is 278 g/mol. The van der Waals surface area contributed by atoms with Gasteiger partial charge in [0.15, 0.2) is 8.38 Å². The van der Waals surface area contributed by atoms with Crippen molar-refractivity contribution in [3.05, 3.63) is 0 Å². The lowest BCUT2D eigenvalue weighted by molar-refractivity contribution is -0.155. The van der Waals surface area contributed by atoms with Crippen molar-refractivity contribution in [1.29, 1.82) is 5.26 Å². The smallest absolute Gasteiger partial charge is 0.167 e. The first-order chi connectivity index (χ1) is 9.01. The first kappa shape index (κ1) is 14.1. The minimum Gasteiger partial charge on any atom is -0.372 e. The third kappa shape index (κ3) is 4.13. The van der Waals surface area contributed by atoms with Crippen molar-refractivity contribution in [2.75, 3.05) is 13.3 Å². The molecular formula is C12H21FNO3P. The van der Waals surface area contributed by atoms with Crippen molar-refractivity contribution in [3.63, 3.8) is 0 Å². The van der Waals surface area contributed by atoms with E-state index >= 15 is 0 Å². The highest BCUT2D eigenvalue weighted by atomic mass is 31.2. The Morgan fingerprint density at radius 1 is 1.50 bits per heavy atom. The van der Waals surface area contributed by atoms with E-state index in [0.29, 0.717) is 0 Å². The minimum atomic E-state index is -1.26. The van der Waals surface area contributed by atoms with E-state index in [1.165, 1.54) is 0 Å². The van der Waals surface area contributed by atoms with Crippen molar-refractivity contribution < 1.29 is 19.5 Å². The lowest BCUT2D eigenvalue weighted by Crippen LogP contribution is -2.50. The summed E-state index contributed by atoms with van der Waals surface area (Å²) in [6, 6.07) is 1.97. The molecule has 0 bridgehead atoms. The molecule has 1 aliphatic heterocycles. The molecule has 1 saturated heterocycles. The van der Waals surface area contributed by atoms with E-state index in [1.807, 2.05) is 13.0 Å². The van der Waals surface area contributed by atoms with E-state index < -0.39 is 26.8 Å². The Labute approximate surface area is 111 Å². The van der Waals surface area contributed by atoms with Gasteiger partial charge in [-0.25, -0.2) is 4.39 Å². The van der Waals surface area contributed by atoms with Gasteiger partial charge in [0.05, 0.1) is 31.3 Å². The number of hydrogen-bond acceptors (Lipinski definition) is 4. The maximum absolute atomic E-state index is 14.3. The average molecular weight is 278 g/mol. The molecule has 0 radical (unpaired) electrons. The zero-order valence-electron chi connectivity index (χ0n) is 12.0. The molecule has 0 spiro atoms. The van der Waals surface area contributed by atoms with Crippen LogP contribution in [0, 0.1) is 17.2 Å². The number of nitrogens with zero attached hydrogens (tertiary/aromatic N) is 1. The van der Waals surface area contributed by atoms with Crippen LogP contribution in [-0.4, -0.2) is 37.8 Å². The summed E-state index contributed by atoms with van der Waals surface area (Å²) < 4.78 is 38.2. The van der Waals surface area contributed by atoms with Crippen LogP contribution in [0.1, 0.15) is 28.5 Å². The molecule has 18 heavy (non-hydrogen) atoms. The summed E-state index contributed by atoms with van der Waals surface area (Å²) >= 11 is 0. The van der Waals surface area contributed by atoms with Crippen LogP contribution in [0.3, 0.4) is 0 Å². The fourth-order valence-corrected chi connectivity index (χ4v) is 2.79. The second-order valence-corrected chi connectivity index (χ2v) is 5.78. The SMILES string of the molecule is [2H]C[C@H]1OC(C)[C@@H](C)[C@H](F)[C@@H]1OP(C)OCCC#N. The highest BCUT2D eigenvalue weighted by Crippen LogP contribution is 2.41. The Balaban J connectivity index is 2.55. The van der Waals surface area contributed by atoms with Gasteiger partial charge in [-0.3, -0.25) is 0 Å². The molecule has 0 amide bonds. The zero-order chi connectivity index (χ0) is 14.4. The molecule has 1 fully saturated rings. The lowest BCUT2D eigenvalue weighted by atomic mass is 9.90. The summed E-state index contributed by atoms with van der Waals surface area (Å²) in [5.41, 5.74) is 0. The number of ether oxygens (including phenoxy) is 1. The van der Waals surface area contributed by atoms with Crippen LogP contribution in [0.25, 0.3) is 0 Å². The van der Waals surface area contributed by atoms with Crippen LogP contribution in [0.15, 0.2) is 0 Å². The van der Waals surface area contributed by atoms with E-state index in [1.54, 1.807) is 13.6 Å². The van der Waals surface area contributed by atoms with E-state index in [-0.39, 0.29) is 31.9 Å². The van der Waals surface area contributed by atoms with Gasteiger partial charge < -0.3 is 13.8 Å². The molecule has 0 saturated carbocycles. The Morgan fingerprint density at radius 3 is 2.83 bits per heavy atom. The second-order valence-electron chi connectivity index (χ2n) is 4.43. The quantitative estimate of drug-likeness (QED) is 0.573. The Bertz CT molecular complexity index is 316. The normalized spacial score (nSPS) is 38.8. The van der Waals surface area contributed by atoms with Crippen molar-refractivity contribution >= 4 is 8.38 Å². The average Bonchev–Trinajstić information content (AvgIpc) is 2.39. The largest absolute Gasteiger partial charge is 0.372 e. The van der Waals surface area contributed by atoms with Gasteiger partial charge in [-0.05, 0) is 13.8 Å². The maximum atomic E-state index is 14.3. The summed E-state index contributed by atoms with van der Waals surface area (Å²) in [4.78, 5) is 0. The van der Waals surface area contributed by atoms with E-state index in [4.69, 9.17) is 20.4 Å². The van der Waals surface area contributed by atoms with Gasteiger partial charge in [-0.15, -0.1) is 0 Å². The third-order valence-corrected chi connectivity index (χ3v) is 4.16. The molecule has 2 unspecified atom stereocenters. The van der Waals surface area contributed by atoms with Crippen molar-refractivity contribution in [2.24, 2.45) is 5.92 Å². The summed E-state index contributed by atoms with van der Waals surface area (Å²) in [5.74, 6) is -0.268. The van der Waals surface area contributed by atoms with Crippen LogP contribution in [0.5, 0.6) is 0 Å². The van der Waals surface area contributed by atoms with E-state index in [0.717, 1.165) is 0 Å². The molecule has 104 valence electrons. The summed E-state index contributed by atoms with van der Waals surface area (Å²) in [7, 11) is -1.26. The Hall–Kier alpha value is -0.270. The summed E-state index contributed by atoms with van der Waals surface area (Å²) in [6.45, 7) is 5.56. The molecule has 0 aromatic rings. The van der Waals surface area contributed by atoms with Gasteiger partial charge in [-0.1, -0.05) is 6.92 Å². The molecule has 1 heterocycles. The van der Waals surface area contributed by atoms with Crippen LogP contribution in [0.2, 0.25) is 0 Å². The van der Waals surface area contributed by atoms with Gasteiger partial charge >= 0.3 is 0 Å². The fourth-order valence-electron chi connectivity index (χ4n) is 1.79. The van der Waals surface area contributed by atoms with Crippen molar-refractivity contribution in [3.8, 4) is 6.07 Å². The topological polar surface area (TPSA) is 51.5 Å². The van der Waals surface area contributed by atoms with Gasteiger partial charge in [0.25, 0.3) is 0 Å². The zero-order valence-corrected chi connectivity index (χ0v) is 11.9. The molecule has 0 aliphatic carbocycles. The van der Waals surface area contributed by atoms with Gasteiger partial charge in [0.1, 0.15) is 12.3 Å². The fraction of sp³-hybridized carbons (Fsp3) is 0.917. The predicted molar refractivity (Wildman–Crippen MR) is 68.0 cm³/mol. The number of rotatable bonds is 5. The minimum absolute atomic E-state index is 0.0382.